The van der Waals surface area contributed by atoms with E-state index in [1.165, 1.54) is 0 Å². The van der Waals surface area contributed by atoms with E-state index in [9.17, 15) is 4.79 Å². The molecule has 5 rings (SSSR count). The summed E-state index contributed by atoms with van der Waals surface area (Å²) in [7, 11) is 1.63. The Morgan fingerprint density at radius 1 is 1.26 bits per heavy atom. The number of aromatic nitrogens is 3. The van der Waals surface area contributed by atoms with Crippen molar-refractivity contribution in [2.75, 3.05) is 25.9 Å². The van der Waals surface area contributed by atoms with E-state index in [2.05, 4.69) is 21.8 Å². The number of fused-ring (bicyclic) bond motifs is 1. The Morgan fingerprint density at radius 3 is 2.83 bits per heavy atom. The van der Waals surface area contributed by atoms with Gasteiger partial charge in [-0.2, -0.15) is 0 Å². The fraction of sp³-hybridized carbons (Fsp3) is 0.296. The molecule has 0 spiro atoms. The zero-order chi connectivity index (χ0) is 24.4. The van der Waals surface area contributed by atoms with Gasteiger partial charge >= 0.3 is 0 Å². The highest BCUT2D eigenvalue weighted by molar-refractivity contribution is 5.95. The standard InChI is InChI=1S/C27H30N6O2/c1-17(18-8-10-22(35-2)11-9-18)31-27(34)20-6-3-5-19(13-20)24-15-30-25(28)26-32-23(16-33(24)26)21-7-4-12-29-14-21/h3,5-6,8-11,13,15-17,21,29H,4,7,12,14H2,1-2H3,(H2,28,30)(H,31,34). The van der Waals surface area contributed by atoms with Gasteiger partial charge in [-0.25, -0.2) is 9.97 Å². The number of nitrogen functional groups attached to an aromatic ring is 1. The predicted octanol–water partition coefficient (Wildman–Crippen LogP) is 3.95. The molecule has 1 aliphatic heterocycles. The minimum Gasteiger partial charge on any atom is -0.497 e. The smallest absolute Gasteiger partial charge is 0.251 e. The van der Waals surface area contributed by atoms with Crippen molar-refractivity contribution in [3.63, 3.8) is 0 Å². The lowest BCUT2D eigenvalue weighted by Gasteiger charge is -2.20. The maximum Gasteiger partial charge on any atom is 0.251 e. The maximum absolute atomic E-state index is 13.1. The first-order valence-corrected chi connectivity index (χ1v) is 11.9. The molecule has 0 bridgehead atoms. The quantitative estimate of drug-likeness (QED) is 0.394. The highest BCUT2D eigenvalue weighted by atomic mass is 16.5. The third-order valence-electron chi connectivity index (χ3n) is 6.64. The van der Waals surface area contributed by atoms with Crippen LogP contribution < -0.4 is 21.1 Å². The lowest BCUT2D eigenvalue weighted by molar-refractivity contribution is 0.0940. The summed E-state index contributed by atoms with van der Waals surface area (Å²) < 4.78 is 7.21. The van der Waals surface area contributed by atoms with Crippen LogP contribution in [-0.4, -0.2) is 40.5 Å². The first-order chi connectivity index (χ1) is 17.0. The zero-order valence-electron chi connectivity index (χ0n) is 20.0. The Balaban J connectivity index is 1.41. The zero-order valence-corrected chi connectivity index (χ0v) is 20.0. The summed E-state index contributed by atoms with van der Waals surface area (Å²) in [6, 6.07) is 15.1. The number of nitrogens with zero attached hydrogens (tertiary/aromatic N) is 3. The van der Waals surface area contributed by atoms with E-state index < -0.39 is 0 Å². The van der Waals surface area contributed by atoms with Gasteiger partial charge in [-0.05, 0) is 56.1 Å². The number of carbonyl (C=O) groups excluding carboxylic acids is 1. The van der Waals surface area contributed by atoms with Gasteiger partial charge in [0, 0.05) is 29.8 Å². The predicted molar refractivity (Wildman–Crippen MR) is 137 cm³/mol. The van der Waals surface area contributed by atoms with Crippen LogP contribution in [0.3, 0.4) is 0 Å². The van der Waals surface area contributed by atoms with Crippen molar-refractivity contribution in [1.82, 2.24) is 25.0 Å². The number of methoxy groups -OCH3 is 1. The molecule has 0 saturated carbocycles. The summed E-state index contributed by atoms with van der Waals surface area (Å²) in [6.07, 6.45) is 6.02. The van der Waals surface area contributed by atoms with Crippen LogP contribution in [0.25, 0.3) is 16.9 Å². The number of nitrogens with one attached hydrogen (secondary N) is 2. The number of amides is 1. The lowest BCUT2D eigenvalue weighted by Crippen LogP contribution is -2.28. The number of imidazole rings is 1. The van der Waals surface area contributed by atoms with Crippen molar-refractivity contribution in [3.05, 3.63) is 77.7 Å². The molecule has 180 valence electrons. The van der Waals surface area contributed by atoms with Crippen LogP contribution in [0.15, 0.2) is 60.9 Å². The monoisotopic (exact) mass is 470 g/mol. The highest BCUT2D eigenvalue weighted by Crippen LogP contribution is 2.28. The molecule has 1 fully saturated rings. The average Bonchev–Trinajstić information content (AvgIpc) is 3.36. The molecule has 4 aromatic rings. The normalized spacial score (nSPS) is 16.7. The van der Waals surface area contributed by atoms with Gasteiger partial charge in [0.2, 0.25) is 0 Å². The SMILES string of the molecule is COc1ccc(C(C)NC(=O)c2cccc(-c3cnc(N)c4nc(C5CCCNC5)cn34)c2)cc1. The number of hydrogen-bond acceptors (Lipinski definition) is 6. The van der Waals surface area contributed by atoms with Gasteiger partial charge < -0.3 is 21.1 Å². The molecule has 2 unspecified atom stereocenters. The van der Waals surface area contributed by atoms with Crippen molar-refractivity contribution in [1.29, 1.82) is 0 Å². The van der Waals surface area contributed by atoms with Crippen molar-refractivity contribution >= 4 is 17.4 Å². The van der Waals surface area contributed by atoms with Gasteiger partial charge in [0.05, 0.1) is 30.7 Å². The molecule has 1 aliphatic rings. The van der Waals surface area contributed by atoms with Gasteiger partial charge in [0.1, 0.15) is 5.75 Å². The van der Waals surface area contributed by atoms with Crippen LogP contribution >= 0.6 is 0 Å². The number of ether oxygens (including phenoxy) is 1. The van der Waals surface area contributed by atoms with Crippen LogP contribution in [0.2, 0.25) is 0 Å². The first kappa shape index (κ1) is 22.9. The van der Waals surface area contributed by atoms with Crippen molar-refractivity contribution in [3.8, 4) is 17.0 Å². The summed E-state index contributed by atoms with van der Waals surface area (Å²) in [6.45, 7) is 3.92. The lowest BCUT2D eigenvalue weighted by atomic mass is 9.97. The molecule has 2 atom stereocenters. The molecular formula is C27H30N6O2. The first-order valence-electron chi connectivity index (χ1n) is 11.9. The molecule has 1 saturated heterocycles. The summed E-state index contributed by atoms with van der Waals surface area (Å²) in [5.74, 6) is 1.39. The second-order valence-corrected chi connectivity index (χ2v) is 8.98. The van der Waals surface area contributed by atoms with Crippen LogP contribution in [-0.2, 0) is 0 Å². The molecule has 8 heteroatoms. The second-order valence-electron chi connectivity index (χ2n) is 8.98. The Bertz CT molecular complexity index is 1340. The molecule has 35 heavy (non-hydrogen) atoms. The van der Waals surface area contributed by atoms with Gasteiger partial charge in [-0.15, -0.1) is 0 Å². The van der Waals surface area contributed by atoms with E-state index in [-0.39, 0.29) is 11.9 Å². The van der Waals surface area contributed by atoms with E-state index >= 15 is 0 Å². The molecule has 0 aliphatic carbocycles. The molecule has 1 amide bonds. The number of rotatable bonds is 6. The van der Waals surface area contributed by atoms with Gasteiger partial charge in [-0.1, -0.05) is 24.3 Å². The summed E-state index contributed by atoms with van der Waals surface area (Å²) in [5, 5.41) is 6.53. The van der Waals surface area contributed by atoms with E-state index in [0.717, 1.165) is 54.2 Å². The Kier molecular flexibility index (Phi) is 6.37. The molecular weight excluding hydrogens is 440 g/mol. The summed E-state index contributed by atoms with van der Waals surface area (Å²) in [4.78, 5) is 22.3. The topological polar surface area (TPSA) is 107 Å². The number of anilines is 1. The van der Waals surface area contributed by atoms with Crippen LogP contribution in [0, 0.1) is 0 Å². The second kappa shape index (κ2) is 9.76. The van der Waals surface area contributed by atoms with E-state index in [1.807, 2.05) is 59.9 Å². The van der Waals surface area contributed by atoms with Crippen LogP contribution in [0.1, 0.15) is 53.3 Å². The van der Waals surface area contributed by atoms with E-state index in [0.29, 0.717) is 22.9 Å². The molecule has 2 aromatic heterocycles. The van der Waals surface area contributed by atoms with E-state index in [1.54, 1.807) is 13.3 Å². The minimum atomic E-state index is -0.151. The molecule has 2 aromatic carbocycles. The Hall–Kier alpha value is -3.91. The Labute approximate surface area is 204 Å². The number of benzene rings is 2. The maximum atomic E-state index is 13.1. The largest absolute Gasteiger partial charge is 0.497 e. The van der Waals surface area contributed by atoms with Gasteiger partial charge in [0.25, 0.3) is 5.91 Å². The molecule has 3 heterocycles. The third kappa shape index (κ3) is 4.70. The highest BCUT2D eigenvalue weighted by Gasteiger charge is 2.21. The number of carbonyl (C=O) groups is 1. The number of nitrogens with two attached hydrogens (primary N) is 1. The van der Waals surface area contributed by atoms with E-state index in [4.69, 9.17) is 15.5 Å². The van der Waals surface area contributed by atoms with Crippen molar-refractivity contribution < 1.29 is 9.53 Å². The van der Waals surface area contributed by atoms with Gasteiger partial charge in [0.15, 0.2) is 11.5 Å². The van der Waals surface area contributed by atoms with Crippen molar-refractivity contribution in [2.45, 2.75) is 31.7 Å². The van der Waals surface area contributed by atoms with Crippen LogP contribution in [0.4, 0.5) is 5.82 Å². The fourth-order valence-corrected chi connectivity index (χ4v) is 4.60. The number of hydrogen-bond donors (Lipinski definition) is 3. The Morgan fingerprint density at radius 2 is 2.09 bits per heavy atom. The third-order valence-corrected chi connectivity index (χ3v) is 6.64. The fourth-order valence-electron chi connectivity index (χ4n) is 4.60. The van der Waals surface area contributed by atoms with Crippen molar-refractivity contribution in [2.24, 2.45) is 0 Å². The minimum absolute atomic E-state index is 0.144. The summed E-state index contributed by atoms with van der Waals surface area (Å²) in [5.41, 5.74) is 11.1. The summed E-state index contributed by atoms with van der Waals surface area (Å²) >= 11 is 0. The number of piperidine rings is 1. The van der Waals surface area contributed by atoms with Gasteiger partial charge in [-0.3, -0.25) is 9.20 Å². The molecule has 0 radical (unpaired) electrons. The average molecular weight is 471 g/mol. The van der Waals surface area contributed by atoms with Crippen LogP contribution in [0.5, 0.6) is 5.75 Å². The molecule has 8 nitrogen and oxygen atoms in total. The molecule has 4 N–H and O–H groups in total.